The Kier molecular flexibility index (Phi) is 4.85. The van der Waals surface area contributed by atoms with Crippen molar-refractivity contribution in [2.24, 2.45) is 0 Å². The summed E-state index contributed by atoms with van der Waals surface area (Å²) in [6.07, 6.45) is 1.63. The van der Waals surface area contributed by atoms with Gasteiger partial charge in [0.05, 0.1) is 19.8 Å². The Morgan fingerprint density at radius 2 is 1.81 bits per heavy atom. The fourth-order valence-electron chi connectivity index (χ4n) is 1.24. The van der Waals surface area contributed by atoms with Gasteiger partial charge in [-0.15, -0.1) is 0 Å². The summed E-state index contributed by atoms with van der Waals surface area (Å²) in [5, 5.41) is 0. The van der Waals surface area contributed by atoms with Crippen molar-refractivity contribution in [2.75, 3.05) is 26.9 Å². The van der Waals surface area contributed by atoms with Crippen LogP contribution in [0.3, 0.4) is 0 Å². The second-order valence-electron chi connectivity index (χ2n) is 2.94. The van der Waals surface area contributed by atoms with E-state index in [4.69, 9.17) is 18.9 Å². The summed E-state index contributed by atoms with van der Waals surface area (Å²) in [7, 11) is 1.56. The van der Waals surface area contributed by atoms with Crippen LogP contribution in [0.5, 0.6) is 0 Å². The van der Waals surface area contributed by atoms with Crippen LogP contribution in [0.25, 0.3) is 0 Å². The van der Waals surface area contributed by atoms with Gasteiger partial charge in [0.15, 0.2) is 5.76 Å². The number of hydrogen-bond donors (Lipinski definition) is 0. The Labute approximate surface area is 94.6 Å². The van der Waals surface area contributed by atoms with Crippen LogP contribution >= 0.6 is 0 Å². The summed E-state index contributed by atoms with van der Waals surface area (Å²) in [4.78, 5) is 11.5. The van der Waals surface area contributed by atoms with Crippen molar-refractivity contribution in [2.45, 2.75) is 13.8 Å². The lowest BCUT2D eigenvalue weighted by Gasteiger charge is -2.05. The lowest BCUT2D eigenvalue weighted by molar-refractivity contribution is -0.136. The average molecular weight is 228 g/mol. The highest BCUT2D eigenvalue weighted by atomic mass is 16.6. The number of carbonyl (C=O) groups is 1. The molecule has 16 heavy (non-hydrogen) atoms. The van der Waals surface area contributed by atoms with Gasteiger partial charge in [-0.3, -0.25) is 0 Å². The molecular weight excluding hydrogens is 212 g/mol. The molecule has 0 aromatic heterocycles. The van der Waals surface area contributed by atoms with Crippen LogP contribution in [0, 0.1) is 0 Å². The van der Waals surface area contributed by atoms with Crippen molar-refractivity contribution < 1.29 is 23.7 Å². The highest BCUT2D eigenvalue weighted by Crippen LogP contribution is 2.27. The minimum Gasteiger partial charge on any atom is -0.487 e. The zero-order chi connectivity index (χ0) is 12.0. The van der Waals surface area contributed by atoms with Crippen LogP contribution in [0.2, 0.25) is 0 Å². The van der Waals surface area contributed by atoms with E-state index in [0.717, 1.165) is 0 Å². The summed E-state index contributed by atoms with van der Waals surface area (Å²) in [5.41, 5.74) is 0. The van der Waals surface area contributed by atoms with Crippen molar-refractivity contribution >= 4 is 5.97 Å². The summed E-state index contributed by atoms with van der Waals surface area (Å²) >= 11 is 0. The van der Waals surface area contributed by atoms with Crippen molar-refractivity contribution in [3.63, 3.8) is 0 Å². The van der Waals surface area contributed by atoms with Crippen molar-refractivity contribution in [1.82, 2.24) is 0 Å². The molecule has 0 radical (unpaired) electrons. The SMILES string of the molecule is CCOC1=C(OCC)/C(=C\COC)OC1=O. The second-order valence-corrected chi connectivity index (χ2v) is 2.94. The fourth-order valence-corrected chi connectivity index (χ4v) is 1.24. The van der Waals surface area contributed by atoms with E-state index in [2.05, 4.69) is 0 Å². The van der Waals surface area contributed by atoms with E-state index in [-0.39, 0.29) is 5.76 Å². The van der Waals surface area contributed by atoms with E-state index in [1.807, 2.05) is 6.92 Å². The van der Waals surface area contributed by atoms with Crippen LogP contribution in [-0.2, 0) is 23.7 Å². The second kappa shape index (κ2) is 6.17. The molecule has 0 unspecified atom stereocenters. The van der Waals surface area contributed by atoms with Crippen molar-refractivity contribution in [3.8, 4) is 0 Å². The van der Waals surface area contributed by atoms with Crippen molar-refractivity contribution in [1.29, 1.82) is 0 Å². The molecule has 0 amide bonds. The Bertz CT molecular complexity index is 316. The van der Waals surface area contributed by atoms with Crippen LogP contribution in [-0.4, -0.2) is 32.9 Å². The molecule has 1 aliphatic rings. The van der Waals surface area contributed by atoms with Gasteiger partial charge < -0.3 is 18.9 Å². The molecule has 0 bridgehead atoms. The molecule has 0 saturated heterocycles. The standard InChI is InChI=1S/C11H16O5/c1-4-14-9-8(6-7-13-3)16-11(12)10(9)15-5-2/h6H,4-5,7H2,1-3H3/b8-6+. The Balaban J connectivity index is 2.92. The van der Waals surface area contributed by atoms with E-state index < -0.39 is 5.97 Å². The zero-order valence-electron chi connectivity index (χ0n) is 9.74. The maximum Gasteiger partial charge on any atom is 0.383 e. The number of hydrogen-bond acceptors (Lipinski definition) is 5. The molecule has 5 nitrogen and oxygen atoms in total. The molecule has 1 heterocycles. The highest BCUT2D eigenvalue weighted by molar-refractivity contribution is 5.91. The molecule has 0 N–H and O–H groups in total. The lowest BCUT2D eigenvalue weighted by Crippen LogP contribution is -2.03. The molecule has 90 valence electrons. The molecule has 0 spiro atoms. The normalized spacial score (nSPS) is 17.9. The molecule has 0 saturated carbocycles. The Morgan fingerprint density at radius 1 is 1.19 bits per heavy atom. The summed E-state index contributed by atoms with van der Waals surface area (Å²) < 4.78 is 20.4. The van der Waals surface area contributed by atoms with Gasteiger partial charge in [-0.1, -0.05) is 0 Å². The third-order valence-electron chi connectivity index (χ3n) is 1.83. The molecule has 1 aliphatic heterocycles. The fraction of sp³-hybridized carbons (Fsp3) is 0.545. The van der Waals surface area contributed by atoms with Gasteiger partial charge in [-0.2, -0.15) is 0 Å². The topological polar surface area (TPSA) is 54.0 Å². The molecule has 0 aromatic rings. The van der Waals surface area contributed by atoms with E-state index in [1.165, 1.54) is 0 Å². The van der Waals surface area contributed by atoms with Gasteiger partial charge >= 0.3 is 5.97 Å². The predicted octanol–water partition coefficient (Wildman–Crippen LogP) is 1.36. The van der Waals surface area contributed by atoms with E-state index in [1.54, 1.807) is 20.1 Å². The van der Waals surface area contributed by atoms with Gasteiger partial charge in [-0.25, -0.2) is 4.79 Å². The monoisotopic (exact) mass is 228 g/mol. The minimum atomic E-state index is -0.521. The third kappa shape index (κ3) is 2.76. The van der Waals surface area contributed by atoms with E-state index in [9.17, 15) is 4.79 Å². The predicted molar refractivity (Wildman–Crippen MR) is 56.3 cm³/mol. The number of esters is 1. The average Bonchev–Trinajstić information content (AvgIpc) is 2.55. The molecule has 1 rings (SSSR count). The first kappa shape index (κ1) is 12.6. The third-order valence-corrected chi connectivity index (χ3v) is 1.83. The Morgan fingerprint density at radius 3 is 2.38 bits per heavy atom. The summed E-state index contributed by atoms with van der Waals surface area (Å²) in [5.74, 6) is 0.322. The Hall–Kier alpha value is -1.49. The molecule has 0 fully saturated rings. The minimum absolute atomic E-state index is 0.131. The van der Waals surface area contributed by atoms with Gasteiger partial charge in [0.25, 0.3) is 5.76 Å². The zero-order valence-corrected chi connectivity index (χ0v) is 9.74. The smallest absolute Gasteiger partial charge is 0.383 e. The van der Waals surface area contributed by atoms with Crippen LogP contribution < -0.4 is 0 Å². The number of cyclic esters (lactones) is 1. The quantitative estimate of drug-likeness (QED) is 0.642. The van der Waals surface area contributed by atoms with Crippen LogP contribution in [0.15, 0.2) is 23.4 Å². The summed E-state index contributed by atoms with van der Waals surface area (Å²) in [6, 6.07) is 0. The van der Waals surface area contributed by atoms with Gasteiger partial charge in [0.2, 0.25) is 5.76 Å². The number of methoxy groups -OCH3 is 1. The first-order chi connectivity index (χ1) is 7.74. The number of rotatable bonds is 6. The number of ether oxygens (including phenoxy) is 4. The molecule has 0 aromatic carbocycles. The van der Waals surface area contributed by atoms with Gasteiger partial charge in [0, 0.05) is 7.11 Å². The summed E-state index contributed by atoms with van der Waals surface area (Å²) in [6.45, 7) is 4.79. The molecule has 0 aliphatic carbocycles. The van der Waals surface area contributed by atoms with Crippen molar-refractivity contribution in [3.05, 3.63) is 23.4 Å². The lowest BCUT2D eigenvalue weighted by atomic mass is 10.3. The molecule has 0 atom stereocenters. The van der Waals surface area contributed by atoms with Crippen LogP contribution in [0.4, 0.5) is 0 Å². The van der Waals surface area contributed by atoms with Gasteiger partial charge in [0.1, 0.15) is 0 Å². The largest absolute Gasteiger partial charge is 0.487 e. The van der Waals surface area contributed by atoms with Crippen LogP contribution in [0.1, 0.15) is 13.8 Å². The first-order valence-corrected chi connectivity index (χ1v) is 5.16. The first-order valence-electron chi connectivity index (χ1n) is 5.16. The van der Waals surface area contributed by atoms with Gasteiger partial charge in [-0.05, 0) is 19.9 Å². The van der Waals surface area contributed by atoms with E-state index in [0.29, 0.717) is 31.3 Å². The molecule has 5 heteroatoms. The highest BCUT2D eigenvalue weighted by Gasteiger charge is 2.33. The van der Waals surface area contributed by atoms with E-state index >= 15 is 0 Å². The molecular formula is C11H16O5. The maximum absolute atomic E-state index is 11.5. The number of carbonyl (C=O) groups excluding carboxylic acids is 1. The maximum atomic E-state index is 11.5.